The molecule has 0 saturated carbocycles. The SMILES string of the molecule is O=C(c1cccnc1-c1ccncc1)N1CCC(F)(Cc2cccnn2)CC1. The van der Waals surface area contributed by atoms with Gasteiger partial charge in [-0.05, 0) is 49.2 Å². The molecule has 1 amide bonds. The Morgan fingerprint density at radius 1 is 1.04 bits per heavy atom. The number of aromatic nitrogens is 4. The fourth-order valence-electron chi connectivity index (χ4n) is 3.53. The number of piperidine rings is 1. The molecule has 1 saturated heterocycles. The molecular weight excluding hydrogens is 357 g/mol. The van der Waals surface area contributed by atoms with Crippen molar-refractivity contribution in [1.29, 1.82) is 0 Å². The highest BCUT2D eigenvalue weighted by Gasteiger charge is 2.37. The van der Waals surface area contributed by atoms with Crippen LogP contribution in [-0.2, 0) is 6.42 Å². The monoisotopic (exact) mass is 377 g/mol. The molecule has 4 rings (SSSR count). The second-order valence-corrected chi connectivity index (χ2v) is 6.97. The van der Waals surface area contributed by atoms with Gasteiger partial charge in [0.2, 0.25) is 0 Å². The van der Waals surface area contributed by atoms with Gasteiger partial charge in [0.25, 0.3) is 5.91 Å². The second kappa shape index (κ2) is 7.80. The van der Waals surface area contributed by atoms with Crippen LogP contribution in [0.2, 0.25) is 0 Å². The van der Waals surface area contributed by atoms with Crippen LogP contribution in [0.3, 0.4) is 0 Å². The van der Waals surface area contributed by atoms with Gasteiger partial charge < -0.3 is 4.90 Å². The quantitative estimate of drug-likeness (QED) is 0.699. The van der Waals surface area contributed by atoms with Gasteiger partial charge in [0.1, 0.15) is 5.67 Å². The van der Waals surface area contributed by atoms with Crippen molar-refractivity contribution in [2.24, 2.45) is 0 Å². The Kier molecular flexibility index (Phi) is 5.06. The van der Waals surface area contributed by atoms with E-state index in [0.29, 0.717) is 30.0 Å². The number of carbonyl (C=O) groups is 1. The number of nitrogens with zero attached hydrogens (tertiary/aromatic N) is 5. The van der Waals surface area contributed by atoms with Crippen LogP contribution in [0.5, 0.6) is 0 Å². The molecule has 28 heavy (non-hydrogen) atoms. The summed E-state index contributed by atoms with van der Waals surface area (Å²) in [6, 6.07) is 10.7. The third kappa shape index (κ3) is 3.88. The number of hydrogen-bond acceptors (Lipinski definition) is 5. The first-order valence-electron chi connectivity index (χ1n) is 9.25. The predicted molar refractivity (Wildman–Crippen MR) is 102 cm³/mol. The third-order valence-corrected chi connectivity index (χ3v) is 5.06. The lowest BCUT2D eigenvalue weighted by Gasteiger charge is -2.36. The van der Waals surface area contributed by atoms with Gasteiger partial charge in [0, 0.05) is 49.9 Å². The molecule has 4 heterocycles. The van der Waals surface area contributed by atoms with E-state index >= 15 is 4.39 Å². The van der Waals surface area contributed by atoms with Crippen molar-refractivity contribution < 1.29 is 9.18 Å². The van der Waals surface area contributed by atoms with Crippen molar-refractivity contribution in [3.63, 3.8) is 0 Å². The Morgan fingerprint density at radius 3 is 2.50 bits per heavy atom. The van der Waals surface area contributed by atoms with E-state index in [4.69, 9.17) is 0 Å². The van der Waals surface area contributed by atoms with Gasteiger partial charge in [0.15, 0.2) is 0 Å². The normalized spacial score (nSPS) is 16.0. The van der Waals surface area contributed by atoms with Crippen LogP contribution in [0.25, 0.3) is 11.3 Å². The first kappa shape index (κ1) is 18.2. The molecule has 142 valence electrons. The van der Waals surface area contributed by atoms with Crippen LogP contribution in [0.15, 0.2) is 61.2 Å². The zero-order valence-electron chi connectivity index (χ0n) is 15.3. The maximum atomic E-state index is 15.2. The number of likely N-dealkylation sites (tertiary alicyclic amines) is 1. The van der Waals surface area contributed by atoms with Gasteiger partial charge in [-0.3, -0.25) is 14.8 Å². The maximum absolute atomic E-state index is 15.2. The summed E-state index contributed by atoms with van der Waals surface area (Å²) in [5.41, 5.74) is 1.24. The number of halogens is 1. The van der Waals surface area contributed by atoms with Gasteiger partial charge in [-0.1, -0.05) is 0 Å². The second-order valence-electron chi connectivity index (χ2n) is 6.97. The van der Waals surface area contributed by atoms with Crippen LogP contribution in [0, 0.1) is 0 Å². The Morgan fingerprint density at radius 2 is 1.79 bits per heavy atom. The van der Waals surface area contributed by atoms with E-state index in [0.717, 1.165) is 5.56 Å². The molecule has 0 radical (unpaired) electrons. The number of carbonyl (C=O) groups excluding carboxylic acids is 1. The highest BCUT2D eigenvalue weighted by molar-refractivity contribution is 5.99. The summed E-state index contributed by atoms with van der Waals surface area (Å²) in [6.07, 6.45) is 7.35. The lowest BCUT2D eigenvalue weighted by atomic mass is 9.88. The molecule has 0 atom stereocenters. The summed E-state index contributed by atoms with van der Waals surface area (Å²) in [5.74, 6) is -0.124. The Balaban J connectivity index is 1.48. The number of rotatable bonds is 4. The van der Waals surface area contributed by atoms with Gasteiger partial charge in [-0.25, -0.2) is 4.39 Å². The van der Waals surface area contributed by atoms with Crippen molar-refractivity contribution in [3.8, 4) is 11.3 Å². The Bertz CT molecular complexity index is 943. The highest BCUT2D eigenvalue weighted by atomic mass is 19.1. The van der Waals surface area contributed by atoms with Crippen LogP contribution < -0.4 is 0 Å². The minimum atomic E-state index is -1.37. The fraction of sp³-hybridized carbons (Fsp3) is 0.286. The average Bonchev–Trinajstić information content (AvgIpc) is 2.75. The zero-order chi connectivity index (χ0) is 19.4. The maximum Gasteiger partial charge on any atom is 0.256 e. The van der Waals surface area contributed by atoms with E-state index in [2.05, 4.69) is 20.2 Å². The smallest absolute Gasteiger partial charge is 0.256 e. The molecule has 3 aromatic heterocycles. The van der Waals surface area contributed by atoms with Crippen molar-refractivity contribution in [2.75, 3.05) is 13.1 Å². The van der Waals surface area contributed by atoms with E-state index in [1.165, 1.54) is 0 Å². The van der Waals surface area contributed by atoms with E-state index in [1.54, 1.807) is 54.0 Å². The zero-order valence-corrected chi connectivity index (χ0v) is 15.3. The summed E-state index contributed by atoms with van der Waals surface area (Å²) in [7, 11) is 0. The van der Waals surface area contributed by atoms with Crippen LogP contribution >= 0.6 is 0 Å². The number of hydrogen-bond donors (Lipinski definition) is 0. The first-order valence-corrected chi connectivity index (χ1v) is 9.25. The molecule has 0 bridgehead atoms. The molecule has 6 nitrogen and oxygen atoms in total. The van der Waals surface area contributed by atoms with E-state index in [1.807, 2.05) is 12.1 Å². The molecular formula is C21H20FN5O. The Hall–Kier alpha value is -3.22. The number of amides is 1. The van der Waals surface area contributed by atoms with Gasteiger partial charge >= 0.3 is 0 Å². The van der Waals surface area contributed by atoms with Crippen molar-refractivity contribution >= 4 is 5.91 Å². The molecule has 1 aliphatic heterocycles. The molecule has 7 heteroatoms. The van der Waals surface area contributed by atoms with Gasteiger partial charge in [0.05, 0.1) is 17.0 Å². The fourth-order valence-corrected chi connectivity index (χ4v) is 3.53. The van der Waals surface area contributed by atoms with E-state index in [-0.39, 0.29) is 25.2 Å². The molecule has 3 aromatic rings. The largest absolute Gasteiger partial charge is 0.338 e. The minimum absolute atomic E-state index is 0.124. The minimum Gasteiger partial charge on any atom is -0.338 e. The van der Waals surface area contributed by atoms with Crippen molar-refractivity contribution in [2.45, 2.75) is 24.9 Å². The third-order valence-electron chi connectivity index (χ3n) is 5.06. The van der Waals surface area contributed by atoms with Crippen molar-refractivity contribution in [3.05, 3.63) is 72.4 Å². The van der Waals surface area contributed by atoms with Crippen molar-refractivity contribution in [1.82, 2.24) is 25.1 Å². The average molecular weight is 377 g/mol. The summed E-state index contributed by atoms with van der Waals surface area (Å²) in [6.45, 7) is 0.723. The molecule has 0 N–H and O–H groups in total. The molecule has 1 fully saturated rings. The summed E-state index contributed by atoms with van der Waals surface area (Å²) >= 11 is 0. The van der Waals surface area contributed by atoms with Gasteiger partial charge in [-0.15, -0.1) is 0 Å². The molecule has 0 aliphatic carbocycles. The molecule has 0 aromatic carbocycles. The Labute approximate surface area is 162 Å². The van der Waals surface area contributed by atoms with Gasteiger partial charge in [-0.2, -0.15) is 10.2 Å². The summed E-state index contributed by atoms with van der Waals surface area (Å²) in [5, 5.41) is 7.79. The van der Waals surface area contributed by atoms with E-state index in [9.17, 15) is 4.79 Å². The number of pyridine rings is 2. The molecule has 1 aliphatic rings. The van der Waals surface area contributed by atoms with Crippen LogP contribution in [-0.4, -0.2) is 49.7 Å². The number of alkyl halides is 1. The standard InChI is InChI=1S/C21H20FN5O/c22-21(15-17-3-1-10-25-26-17)7-13-27(14-8-21)20(28)18-4-2-9-24-19(18)16-5-11-23-12-6-16/h1-6,9-12H,7-8,13-15H2. The predicted octanol–water partition coefficient (Wildman–Crippen LogP) is 3.12. The summed E-state index contributed by atoms with van der Waals surface area (Å²) < 4.78 is 15.2. The molecule has 0 unspecified atom stereocenters. The van der Waals surface area contributed by atoms with Crippen LogP contribution in [0.4, 0.5) is 4.39 Å². The topological polar surface area (TPSA) is 71.9 Å². The first-order chi connectivity index (χ1) is 13.6. The molecule has 0 spiro atoms. The lowest BCUT2D eigenvalue weighted by molar-refractivity contribution is 0.0433. The lowest BCUT2D eigenvalue weighted by Crippen LogP contribution is -2.45. The van der Waals surface area contributed by atoms with E-state index < -0.39 is 5.67 Å². The summed E-state index contributed by atoms with van der Waals surface area (Å²) in [4.78, 5) is 23.2. The highest BCUT2D eigenvalue weighted by Crippen LogP contribution is 2.31. The van der Waals surface area contributed by atoms with Crippen LogP contribution in [0.1, 0.15) is 28.9 Å².